The van der Waals surface area contributed by atoms with E-state index in [1.807, 2.05) is 18.7 Å². The van der Waals surface area contributed by atoms with Crippen LogP contribution in [-0.2, 0) is 0 Å². The molecule has 0 amide bonds. The van der Waals surface area contributed by atoms with Gasteiger partial charge in [0.25, 0.3) is 0 Å². The van der Waals surface area contributed by atoms with E-state index >= 15 is 0 Å². The molecule has 0 bridgehead atoms. The van der Waals surface area contributed by atoms with Crippen molar-refractivity contribution in [2.24, 2.45) is 0 Å². The summed E-state index contributed by atoms with van der Waals surface area (Å²) >= 11 is 0. The Bertz CT molecular complexity index is 397. The average Bonchev–Trinajstić information content (AvgIpc) is 2.62. The van der Waals surface area contributed by atoms with Crippen LogP contribution in [-0.4, -0.2) is 40.4 Å². The third-order valence-electron chi connectivity index (χ3n) is 2.55. The first kappa shape index (κ1) is 11.9. The monoisotopic (exact) mass is 238 g/mol. The third-order valence-corrected chi connectivity index (χ3v) is 2.55. The van der Waals surface area contributed by atoms with Crippen LogP contribution >= 0.6 is 0 Å². The van der Waals surface area contributed by atoms with Gasteiger partial charge in [0, 0.05) is 19.2 Å². The van der Waals surface area contributed by atoms with Crippen LogP contribution < -0.4 is 15.4 Å². The maximum atomic E-state index is 9.50. The lowest BCUT2D eigenvalue weighted by Gasteiger charge is -2.18. The lowest BCUT2D eigenvalue weighted by Crippen LogP contribution is -2.23. The fourth-order valence-electron chi connectivity index (χ4n) is 1.84. The molecule has 2 rings (SSSR count). The minimum Gasteiger partial charge on any atom is -0.475 e. The number of ether oxygens (including phenoxy) is 1. The Hall–Kier alpha value is -1.56. The van der Waals surface area contributed by atoms with E-state index < -0.39 is 0 Å². The maximum Gasteiger partial charge on any atom is 0.225 e. The molecule has 0 saturated carbocycles. The normalized spacial score (nSPS) is 20.0. The second-order valence-corrected chi connectivity index (χ2v) is 4.48. The molecular formula is C11H18N4O2. The van der Waals surface area contributed by atoms with Crippen molar-refractivity contribution in [2.75, 3.05) is 23.7 Å². The van der Waals surface area contributed by atoms with Crippen molar-refractivity contribution in [3.8, 4) is 5.88 Å². The van der Waals surface area contributed by atoms with Gasteiger partial charge in [-0.25, -0.2) is 0 Å². The lowest BCUT2D eigenvalue weighted by atomic mass is 10.3. The number of rotatable bonds is 3. The smallest absolute Gasteiger partial charge is 0.225 e. The van der Waals surface area contributed by atoms with Gasteiger partial charge in [-0.15, -0.1) is 0 Å². The number of nitrogen functional groups attached to an aromatic ring is 1. The summed E-state index contributed by atoms with van der Waals surface area (Å²) in [6.07, 6.45) is 0.506. The number of β-amino-alcohol motifs (C(OH)–C–C–N with tert-alkyl or cyclic N) is 1. The molecule has 1 aromatic heterocycles. The lowest BCUT2D eigenvalue weighted by molar-refractivity contribution is 0.198. The summed E-state index contributed by atoms with van der Waals surface area (Å²) in [7, 11) is 0. The second-order valence-electron chi connectivity index (χ2n) is 4.48. The molecular weight excluding hydrogens is 220 g/mol. The topological polar surface area (TPSA) is 84.5 Å². The van der Waals surface area contributed by atoms with Gasteiger partial charge in [0.15, 0.2) is 0 Å². The highest BCUT2D eigenvalue weighted by molar-refractivity contribution is 5.46. The first-order chi connectivity index (χ1) is 8.04. The highest BCUT2D eigenvalue weighted by atomic mass is 16.5. The molecule has 0 spiro atoms. The average molecular weight is 238 g/mol. The van der Waals surface area contributed by atoms with Crippen molar-refractivity contribution in [1.29, 1.82) is 0 Å². The zero-order chi connectivity index (χ0) is 12.4. The van der Waals surface area contributed by atoms with Gasteiger partial charge in [0.2, 0.25) is 11.8 Å². The number of nitrogens with zero attached hydrogens (tertiary/aromatic N) is 3. The molecule has 1 fully saturated rings. The summed E-state index contributed by atoms with van der Waals surface area (Å²) in [5.74, 6) is 1.38. The van der Waals surface area contributed by atoms with Crippen LogP contribution in [0.1, 0.15) is 20.3 Å². The second kappa shape index (κ2) is 4.75. The molecule has 1 saturated heterocycles. The molecule has 0 unspecified atom stereocenters. The van der Waals surface area contributed by atoms with E-state index in [4.69, 9.17) is 10.5 Å². The Labute approximate surface area is 100 Å². The molecule has 1 aromatic rings. The van der Waals surface area contributed by atoms with E-state index in [0.29, 0.717) is 18.2 Å². The quantitative estimate of drug-likeness (QED) is 0.793. The Kier molecular flexibility index (Phi) is 3.33. The molecule has 6 heteroatoms. The van der Waals surface area contributed by atoms with Crippen LogP contribution in [0.2, 0.25) is 0 Å². The Balaban J connectivity index is 2.19. The third kappa shape index (κ3) is 2.97. The summed E-state index contributed by atoms with van der Waals surface area (Å²) in [6.45, 7) is 5.21. The maximum absolute atomic E-state index is 9.50. The number of anilines is 2. The number of aliphatic hydroxyl groups excluding tert-OH is 1. The molecule has 0 radical (unpaired) electrons. The van der Waals surface area contributed by atoms with Crippen LogP contribution in [0.15, 0.2) is 6.07 Å². The van der Waals surface area contributed by atoms with Gasteiger partial charge in [-0.2, -0.15) is 9.97 Å². The Morgan fingerprint density at radius 3 is 2.88 bits per heavy atom. The largest absolute Gasteiger partial charge is 0.475 e. The number of nitrogens with two attached hydrogens (primary N) is 1. The molecule has 94 valence electrons. The summed E-state index contributed by atoms with van der Waals surface area (Å²) in [5, 5.41) is 9.50. The highest BCUT2D eigenvalue weighted by Crippen LogP contribution is 2.23. The predicted octanol–water partition coefficient (Wildman–Crippen LogP) is 0.417. The number of aliphatic hydroxyl groups is 1. The molecule has 1 atom stereocenters. The predicted molar refractivity (Wildman–Crippen MR) is 65.0 cm³/mol. The molecule has 2 heterocycles. The Morgan fingerprint density at radius 1 is 1.53 bits per heavy atom. The van der Waals surface area contributed by atoms with Crippen LogP contribution in [0.4, 0.5) is 11.8 Å². The first-order valence-corrected chi connectivity index (χ1v) is 5.79. The van der Waals surface area contributed by atoms with E-state index in [2.05, 4.69) is 9.97 Å². The molecule has 1 aliphatic rings. The van der Waals surface area contributed by atoms with Gasteiger partial charge in [0.05, 0.1) is 12.2 Å². The summed E-state index contributed by atoms with van der Waals surface area (Å²) in [4.78, 5) is 10.2. The standard InChI is InChI=1S/C11H18N4O2/c1-7(2)17-10-5-9(13-11(12)14-10)15-4-3-8(16)6-15/h5,7-8,16H,3-4,6H2,1-2H3,(H2,12,13,14)/t8-/m1/s1. The van der Waals surface area contributed by atoms with Crippen molar-refractivity contribution < 1.29 is 9.84 Å². The van der Waals surface area contributed by atoms with Crippen LogP contribution in [0, 0.1) is 0 Å². The van der Waals surface area contributed by atoms with Crippen LogP contribution in [0.5, 0.6) is 5.88 Å². The van der Waals surface area contributed by atoms with Crippen molar-refractivity contribution >= 4 is 11.8 Å². The van der Waals surface area contributed by atoms with Gasteiger partial charge >= 0.3 is 0 Å². The zero-order valence-electron chi connectivity index (χ0n) is 10.1. The summed E-state index contributed by atoms with van der Waals surface area (Å²) in [5.41, 5.74) is 5.65. The summed E-state index contributed by atoms with van der Waals surface area (Å²) < 4.78 is 5.50. The van der Waals surface area contributed by atoms with Crippen molar-refractivity contribution in [2.45, 2.75) is 32.5 Å². The van der Waals surface area contributed by atoms with E-state index in [1.54, 1.807) is 6.07 Å². The number of aromatic nitrogens is 2. The van der Waals surface area contributed by atoms with E-state index in [-0.39, 0.29) is 18.2 Å². The molecule has 6 nitrogen and oxygen atoms in total. The van der Waals surface area contributed by atoms with Crippen LogP contribution in [0.3, 0.4) is 0 Å². The highest BCUT2D eigenvalue weighted by Gasteiger charge is 2.22. The fraction of sp³-hybridized carbons (Fsp3) is 0.636. The van der Waals surface area contributed by atoms with Crippen molar-refractivity contribution in [1.82, 2.24) is 9.97 Å². The van der Waals surface area contributed by atoms with E-state index in [1.165, 1.54) is 0 Å². The molecule has 0 aliphatic carbocycles. The molecule has 1 aliphatic heterocycles. The number of hydrogen-bond donors (Lipinski definition) is 2. The Morgan fingerprint density at radius 2 is 2.29 bits per heavy atom. The fourth-order valence-corrected chi connectivity index (χ4v) is 1.84. The number of hydrogen-bond acceptors (Lipinski definition) is 6. The minimum absolute atomic E-state index is 0.0429. The van der Waals surface area contributed by atoms with Gasteiger partial charge < -0.3 is 20.5 Å². The van der Waals surface area contributed by atoms with Crippen molar-refractivity contribution in [3.05, 3.63) is 6.07 Å². The van der Waals surface area contributed by atoms with Crippen LogP contribution in [0.25, 0.3) is 0 Å². The molecule has 0 aromatic carbocycles. The SMILES string of the molecule is CC(C)Oc1cc(N2CC[C@@H](O)C2)nc(N)n1. The van der Waals surface area contributed by atoms with Gasteiger partial charge in [0.1, 0.15) is 5.82 Å². The van der Waals surface area contributed by atoms with E-state index in [0.717, 1.165) is 13.0 Å². The molecule has 17 heavy (non-hydrogen) atoms. The minimum atomic E-state index is -0.291. The van der Waals surface area contributed by atoms with Gasteiger partial charge in [-0.05, 0) is 20.3 Å². The first-order valence-electron chi connectivity index (χ1n) is 5.79. The van der Waals surface area contributed by atoms with Gasteiger partial charge in [-0.3, -0.25) is 0 Å². The molecule has 3 N–H and O–H groups in total. The zero-order valence-corrected chi connectivity index (χ0v) is 10.1. The van der Waals surface area contributed by atoms with Gasteiger partial charge in [-0.1, -0.05) is 0 Å². The van der Waals surface area contributed by atoms with Crippen molar-refractivity contribution in [3.63, 3.8) is 0 Å². The van der Waals surface area contributed by atoms with E-state index in [9.17, 15) is 5.11 Å². The summed E-state index contributed by atoms with van der Waals surface area (Å²) in [6, 6.07) is 1.76.